The third kappa shape index (κ3) is 3.44. The van der Waals surface area contributed by atoms with Gasteiger partial charge in [0.1, 0.15) is 5.75 Å². The second-order valence-electron chi connectivity index (χ2n) is 4.78. The quantitative estimate of drug-likeness (QED) is 0.901. The lowest BCUT2D eigenvalue weighted by molar-refractivity contribution is 0.00201. The summed E-state index contributed by atoms with van der Waals surface area (Å²) in [5.74, 6) is -0.214. The number of piperidine rings is 1. The van der Waals surface area contributed by atoms with E-state index in [4.69, 9.17) is 4.74 Å². The molecule has 0 aromatic carbocycles. The monoisotopic (exact) mass is 264 g/mol. The summed E-state index contributed by atoms with van der Waals surface area (Å²) in [7, 11) is 0. The number of pyridine rings is 1. The van der Waals surface area contributed by atoms with Gasteiger partial charge in [0.15, 0.2) is 0 Å². The van der Waals surface area contributed by atoms with Gasteiger partial charge in [0.25, 0.3) is 5.91 Å². The average molecular weight is 264 g/mol. The maximum Gasteiger partial charge on any atom is 0.257 e. The Morgan fingerprint density at radius 1 is 1.63 bits per heavy atom. The lowest BCUT2D eigenvalue weighted by Crippen LogP contribution is -2.43. The molecule has 5 nitrogen and oxygen atoms in total. The summed E-state index contributed by atoms with van der Waals surface area (Å²) in [6.07, 6.45) is 5.83. The molecule has 1 atom stereocenters. The lowest BCUT2D eigenvalue weighted by Gasteiger charge is -2.32. The number of hydrogen-bond donors (Lipinski definition) is 1. The van der Waals surface area contributed by atoms with Crippen LogP contribution in [0.2, 0.25) is 0 Å². The smallest absolute Gasteiger partial charge is 0.257 e. The van der Waals surface area contributed by atoms with Crippen molar-refractivity contribution >= 4 is 5.91 Å². The Labute approximate surface area is 113 Å². The first-order valence-corrected chi connectivity index (χ1v) is 6.76. The van der Waals surface area contributed by atoms with Crippen LogP contribution in [0.4, 0.5) is 0 Å². The van der Waals surface area contributed by atoms with Gasteiger partial charge in [0.05, 0.1) is 17.9 Å². The number of carbonyl (C=O) groups is 1. The highest BCUT2D eigenvalue weighted by atomic mass is 16.5. The van der Waals surface area contributed by atoms with Gasteiger partial charge in [-0.05, 0) is 25.3 Å². The van der Waals surface area contributed by atoms with Gasteiger partial charge in [0.2, 0.25) is 0 Å². The van der Waals surface area contributed by atoms with Crippen LogP contribution in [0.25, 0.3) is 0 Å². The minimum absolute atomic E-state index is 0.0656. The number of likely N-dealkylation sites (tertiary alicyclic amines) is 1. The summed E-state index contributed by atoms with van der Waals surface area (Å²) in [5.41, 5.74) is 0.311. The fraction of sp³-hybridized carbons (Fsp3) is 0.571. The first-order valence-electron chi connectivity index (χ1n) is 6.76. The van der Waals surface area contributed by atoms with Crippen molar-refractivity contribution in [2.75, 3.05) is 19.7 Å². The van der Waals surface area contributed by atoms with Gasteiger partial charge in [-0.3, -0.25) is 9.78 Å². The Morgan fingerprint density at radius 3 is 3.21 bits per heavy atom. The molecule has 1 N–H and O–H groups in total. The van der Waals surface area contributed by atoms with Crippen molar-refractivity contribution in [1.82, 2.24) is 9.88 Å². The molecule has 1 aliphatic heterocycles. The molecular weight excluding hydrogens is 244 g/mol. The van der Waals surface area contributed by atoms with Gasteiger partial charge in [-0.25, -0.2) is 0 Å². The molecule has 0 spiro atoms. The number of nitrogens with zero attached hydrogens (tertiary/aromatic N) is 2. The van der Waals surface area contributed by atoms with Crippen LogP contribution >= 0.6 is 0 Å². The van der Waals surface area contributed by atoms with E-state index in [2.05, 4.69) is 11.9 Å². The topological polar surface area (TPSA) is 62.7 Å². The summed E-state index contributed by atoms with van der Waals surface area (Å²) in [6.45, 7) is 4.11. The van der Waals surface area contributed by atoms with E-state index in [0.29, 0.717) is 18.7 Å². The van der Waals surface area contributed by atoms with Crippen LogP contribution in [0.15, 0.2) is 18.5 Å². The number of ether oxygens (including phenoxy) is 1. The van der Waals surface area contributed by atoms with Crippen molar-refractivity contribution in [2.45, 2.75) is 32.3 Å². The van der Waals surface area contributed by atoms with Crippen LogP contribution in [0.3, 0.4) is 0 Å². The van der Waals surface area contributed by atoms with Crippen LogP contribution < -0.4 is 0 Å². The minimum Gasteiger partial charge on any atom is -0.505 e. The molecule has 104 valence electrons. The highest BCUT2D eigenvalue weighted by Crippen LogP contribution is 2.20. The second kappa shape index (κ2) is 6.52. The van der Waals surface area contributed by atoms with Gasteiger partial charge in [-0.15, -0.1) is 0 Å². The van der Waals surface area contributed by atoms with Crippen molar-refractivity contribution in [3.05, 3.63) is 24.0 Å². The van der Waals surface area contributed by atoms with E-state index in [1.807, 2.05) is 0 Å². The SMILES string of the molecule is CCCOC1CCCN(C(=O)c2ccncc2O)C1. The van der Waals surface area contributed by atoms with Crippen molar-refractivity contribution in [3.8, 4) is 5.75 Å². The van der Waals surface area contributed by atoms with Crippen molar-refractivity contribution in [1.29, 1.82) is 0 Å². The fourth-order valence-corrected chi connectivity index (χ4v) is 2.28. The summed E-state index contributed by atoms with van der Waals surface area (Å²) >= 11 is 0. The zero-order valence-electron chi connectivity index (χ0n) is 11.2. The number of aromatic hydroxyl groups is 1. The number of aromatic nitrogens is 1. The van der Waals surface area contributed by atoms with E-state index < -0.39 is 0 Å². The molecule has 0 saturated carbocycles. The van der Waals surface area contributed by atoms with E-state index in [0.717, 1.165) is 25.9 Å². The van der Waals surface area contributed by atoms with Crippen molar-refractivity contribution in [3.63, 3.8) is 0 Å². The molecule has 19 heavy (non-hydrogen) atoms. The zero-order chi connectivity index (χ0) is 13.7. The molecule has 0 bridgehead atoms. The molecule has 1 aliphatic rings. The molecule has 1 unspecified atom stereocenters. The second-order valence-corrected chi connectivity index (χ2v) is 4.78. The average Bonchev–Trinajstić information content (AvgIpc) is 2.45. The minimum atomic E-state index is -0.148. The Kier molecular flexibility index (Phi) is 4.74. The summed E-state index contributed by atoms with van der Waals surface area (Å²) in [4.78, 5) is 17.9. The Balaban J connectivity index is 2.01. The number of amides is 1. The molecule has 1 amide bonds. The molecule has 1 fully saturated rings. The van der Waals surface area contributed by atoms with Crippen LogP contribution in [-0.4, -0.2) is 46.7 Å². The van der Waals surface area contributed by atoms with Crippen LogP contribution in [0.1, 0.15) is 36.5 Å². The predicted molar refractivity (Wildman–Crippen MR) is 71.1 cm³/mol. The molecule has 5 heteroatoms. The predicted octanol–water partition coefficient (Wildman–Crippen LogP) is 1.82. The molecular formula is C14H20N2O3. The van der Waals surface area contributed by atoms with Crippen LogP contribution in [0.5, 0.6) is 5.75 Å². The molecule has 1 aromatic rings. The van der Waals surface area contributed by atoms with Crippen molar-refractivity contribution < 1.29 is 14.6 Å². The van der Waals surface area contributed by atoms with E-state index in [9.17, 15) is 9.90 Å². The summed E-state index contributed by atoms with van der Waals surface area (Å²) in [6, 6.07) is 1.55. The molecule has 0 aliphatic carbocycles. The normalized spacial score (nSPS) is 19.4. The maximum atomic E-state index is 12.3. The molecule has 2 rings (SSSR count). The van der Waals surface area contributed by atoms with E-state index >= 15 is 0 Å². The third-order valence-electron chi connectivity index (χ3n) is 3.25. The van der Waals surface area contributed by atoms with E-state index in [1.165, 1.54) is 12.4 Å². The summed E-state index contributed by atoms with van der Waals surface area (Å²) < 4.78 is 5.71. The first kappa shape index (κ1) is 13.8. The van der Waals surface area contributed by atoms with Gasteiger partial charge in [-0.1, -0.05) is 6.92 Å². The van der Waals surface area contributed by atoms with Crippen molar-refractivity contribution in [2.24, 2.45) is 0 Å². The largest absolute Gasteiger partial charge is 0.505 e. The highest BCUT2D eigenvalue weighted by molar-refractivity contribution is 5.96. The van der Waals surface area contributed by atoms with Gasteiger partial charge >= 0.3 is 0 Å². The Morgan fingerprint density at radius 2 is 2.47 bits per heavy atom. The zero-order valence-corrected chi connectivity index (χ0v) is 11.2. The standard InChI is InChI=1S/C14H20N2O3/c1-2-8-19-11-4-3-7-16(10-11)14(18)12-5-6-15-9-13(12)17/h5-6,9,11,17H,2-4,7-8,10H2,1H3. The maximum absolute atomic E-state index is 12.3. The number of hydrogen-bond acceptors (Lipinski definition) is 4. The third-order valence-corrected chi connectivity index (χ3v) is 3.25. The first-order chi connectivity index (χ1) is 9.22. The molecule has 1 saturated heterocycles. The highest BCUT2D eigenvalue weighted by Gasteiger charge is 2.26. The van der Waals surface area contributed by atoms with Gasteiger partial charge in [-0.2, -0.15) is 0 Å². The van der Waals surface area contributed by atoms with Crippen LogP contribution in [0, 0.1) is 0 Å². The van der Waals surface area contributed by atoms with Crippen LogP contribution in [-0.2, 0) is 4.74 Å². The molecule has 1 aromatic heterocycles. The van der Waals surface area contributed by atoms with Gasteiger partial charge in [0, 0.05) is 25.9 Å². The molecule has 0 radical (unpaired) electrons. The Bertz CT molecular complexity index is 436. The number of rotatable bonds is 4. The van der Waals surface area contributed by atoms with E-state index in [-0.39, 0.29) is 17.8 Å². The van der Waals surface area contributed by atoms with E-state index in [1.54, 1.807) is 11.0 Å². The Hall–Kier alpha value is -1.62. The summed E-state index contributed by atoms with van der Waals surface area (Å²) in [5, 5.41) is 9.68. The van der Waals surface area contributed by atoms with Gasteiger partial charge < -0.3 is 14.7 Å². The fourth-order valence-electron chi connectivity index (χ4n) is 2.28. The number of carbonyl (C=O) groups excluding carboxylic acids is 1. The molecule has 2 heterocycles. The lowest BCUT2D eigenvalue weighted by atomic mass is 10.1.